The quantitative estimate of drug-likeness (QED) is 0.793. The Bertz CT molecular complexity index is 577. The van der Waals surface area contributed by atoms with Crippen LogP contribution in [-0.2, 0) is 11.0 Å². The fraction of sp³-hybridized carbons (Fsp3) is 0.667. The Morgan fingerprint density at radius 2 is 1.80 bits per heavy atom. The lowest BCUT2D eigenvalue weighted by Gasteiger charge is -2.41. The summed E-state index contributed by atoms with van der Waals surface area (Å²) in [6, 6.07) is 6.69. The van der Waals surface area contributed by atoms with Crippen LogP contribution in [0.4, 0.5) is 8.78 Å². The monoisotopic (exact) mass is 372 g/mol. The standard InChI is InChI=1S/C18H26F2N2O2S/c1-14-3-2-10-21(13-14)15-8-11-22(12-9-15)25(23)17-6-4-16(5-7-17)24-18(19)20/h4-7,14-15,18H,2-3,8-13H2,1H3. The van der Waals surface area contributed by atoms with Gasteiger partial charge in [-0.1, -0.05) is 6.92 Å². The van der Waals surface area contributed by atoms with Crippen molar-refractivity contribution >= 4 is 11.0 Å². The summed E-state index contributed by atoms with van der Waals surface area (Å²) in [5, 5.41) is 0. The number of hydrogen-bond acceptors (Lipinski definition) is 3. The van der Waals surface area contributed by atoms with Gasteiger partial charge in [0, 0.05) is 25.7 Å². The molecular formula is C18H26F2N2O2S. The number of ether oxygens (including phenoxy) is 1. The van der Waals surface area contributed by atoms with E-state index in [0.29, 0.717) is 10.9 Å². The Hall–Kier alpha value is -1.05. The van der Waals surface area contributed by atoms with Crippen LogP contribution in [0.3, 0.4) is 0 Å². The maximum atomic E-state index is 12.7. The molecule has 3 rings (SSSR count). The minimum atomic E-state index is -2.84. The first-order valence-corrected chi connectivity index (χ1v) is 10.1. The Morgan fingerprint density at radius 3 is 2.40 bits per heavy atom. The SMILES string of the molecule is CC1CCCN(C2CCN(S(=O)c3ccc(OC(F)F)cc3)CC2)C1. The van der Waals surface area contributed by atoms with Crippen LogP contribution in [-0.4, -0.2) is 52.2 Å². The third-order valence-corrected chi connectivity index (χ3v) is 6.62. The molecule has 25 heavy (non-hydrogen) atoms. The molecule has 140 valence electrons. The van der Waals surface area contributed by atoms with Gasteiger partial charge in [0.15, 0.2) is 0 Å². The second-order valence-corrected chi connectivity index (χ2v) is 8.49. The van der Waals surface area contributed by atoms with Crippen LogP contribution >= 0.6 is 0 Å². The van der Waals surface area contributed by atoms with Crippen LogP contribution in [0, 0.1) is 5.92 Å². The lowest BCUT2D eigenvalue weighted by molar-refractivity contribution is -0.0498. The number of alkyl halides is 2. The second kappa shape index (κ2) is 8.56. The molecule has 0 bridgehead atoms. The maximum Gasteiger partial charge on any atom is 0.387 e. The highest BCUT2D eigenvalue weighted by atomic mass is 32.2. The fourth-order valence-electron chi connectivity index (χ4n) is 3.82. The van der Waals surface area contributed by atoms with Crippen molar-refractivity contribution in [2.75, 3.05) is 26.2 Å². The van der Waals surface area contributed by atoms with E-state index in [9.17, 15) is 13.0 Å². The molecule has 0 N–H and O–H groups in total. The summed E-state index contributed by atoms with van der Waals surface area (Å²) in [6.07, 6.45) is 4.67. The zero-order valence-corrected chi connectivity index (χ0v) is 15.4. The van der Waals surface area contributed by atoms with E-state index in [0.717, 1.165) is 31.8 Å². The first-order chi connectivity index (χ1) is 12.0. The molecule has 1 aromatic rings. The van der Waals surface area contributed by atoms with E-state index in [1.165, 1.54) is 38.1 Å². The van der Waals surface area contributed by atoms with Gasteiger partial charge in [-0.05, 0) is 62.4 Å². The van der Waals surface area contributed by atoms with Gasteiger partial charge in [-0.25, -0.2) is 8.51 Å². The van der Waals surface area contributed by atoms with Crippen LogP contribution in [0.2, 0.25) is 0 Å². The van der Waals surface area contributed by atoms with Crippen LogP contribution in [0.1, 0.15) is 32.6 Å². The van der Waals surface area contributed by atoms with Crippen molar-refractivity contribution < 1.29 is 17.7 Å². The maximum absolute atomic E-state index is 12.7. The van der Waals surface area contributed by atoms with Crippen molar-refractivity contribution in [2.45, 2.75) is 50.2 Å². The van der Waals surface area contributed by atoms with Crippen LogP contribution < -0.4 is 4.74 Å². The van der Waals surface area contributed by atoms with Gasteiger partial charge in [-0.2, -0.15) is 8.78 Å². The predicted octanol–water partition coefficient (Wildman–Crippen LogP) is 3.51. The molecule has 2 atom stereocenters. The molecule has 1 aromatic carbocycles. The molecule has 0 aromatic heterocycles. The normalized spacial score (nSPS) is 25.2. The van der Waals surface area contributed by atoms with E-state index in [-0.39, 0.29) is 5.75 Å². The Labute approximate surface area is 150 Å². The minimum absolute atomic E-state index is 0.0914. The molecule has 2 unspecified atom stereocenters. The van der Waals surface area contributed by atoms with Gasteiger partial charge >= 0.3 is 6.61 Å². The van der Waals surface area contributed by atoms with Crippen molar-refractivity contribution in [3.63, 3.8) is 0 Å². The van der Waals surface area contributed by atoms with Gasteiger partial charge in [0.2, 0.25) is 0 Å². The Morgan fingerprint density at radius 1 is 1.12 bits per heavy atom. The van der Waals surface area contributed by atoms with Crippen molar-refractivity contribution in [1.82, 2.24) is 9.21 Å². The largest absolute Gasteiger partial charge is 0.435 e. The summed E-state index contributed by atoms with van der Waals surface area (Å²) in [5.74, 6) is 0.864. The predicted molar refractivity (Wildman–Crippen MR) is 94.0 cm³/mol. The number of piperidine rings is 2. The number of halogens is 2. The Balaban J connectivity index is 1.52. The highest BCUT2D eigenvalue weighted by molar-refractivity contribution is 7.82. The van der Waals surface area contributed by atoms with Gasteiger partial charge in [0.05, 0.1) is 4.90 Å². The summed E-state index contributed by atoms with van der Waals surface area (Å²) in [4.78, 5) is 3.23. The zero-order chi connectivity index (χ0) is 17.8. The molecule has 2 heterocycles. The lowest BCUT2D eigenvalue weighted by Crippen LogP contribution is -2.48. The van der Waals surface area contributed by atoms with E-state index in [1.54, 1.807) is 12.1 Å². The molecule has 7 heteroatoms. The van der Waals surface area contributed by atoms with E-state index in [1.807, 2.05) is 4.31 Å². The fourth-order valence-corrected chi connectivity index (χ4v) is 5.03. The number of nitrogens with zero attached hydrogens (tertiary/aromatic N) is 2. The average Bonchev–Trinajstić information content (AvgIpc) is 2.61. The van der Waals surface area contributed by atoms with E-state index >= 15 is 0 Å². The molecule has 2 aliphatic heterocycles. The Kier molecular flexibility index (Phi) is 6.41. The van der Waals surface area contributed by atoms with Crippen LogP contribution in [0.5, 0.6) is 5.75 Å². The van der Waals surface area contributed by atoms with Gasteiger partial charge in [-0.15, -0.1) is 0 Å². The summed E-state index contributed by atoms with van der Waals surface area (Å²) in [7, 11) is -1.25. The third kappa shape index (κ3) is 4.99. The summed E-state index contributed by atoms with van der Waals surface area (Å²) in [6.45, 7) is 3.45. The van der Waals surface area contributed by atoms with Gasteiger partial charge in [0.25, 0.3) is 0 Å². The zero-order valence-electron chi connectivity index (χ0n) is 14.6. The van der Waals surface area contributed by atoms with E-state index < -0.39 is 17.6 Å². The molecule has 2 aliphatic rings. The van der Waals surface area contributed by atoms with E-state index in [2.05, 4.69) is 16.6 Å². The van der Waals surface area contributed by atoms with Crippen molar-refractivity contribution in [1.29, 1.82) is 0 Å². The number of benzene rings is 1. The van der Waals surface area contributed by atoms with Gasteiger partial charge < -0.3 is 9.64 Å². The molecule has 4 nitrogen and oxygen atoms in total. The highest BCUT2D eigenvalue weighted by Crippen LogP contribution is 2.26. The molecule has 0 amide bonds. The van der Waals surface area contributed by atoms with Gasteiger partial charge in [-0.3, -0.25) is 0 Å². The van der Waals surface area contributed by atoms with Crippen LogP contribution in [0.15, 0.2) is 29.2 Å². The lowest BCUT2D eigenvalue weighted by atomic mass is 9.96. The number of hydrogen-bond donors (Lipinski definition) is 0. The number of rotatable bonds is 5. The van der Waals surface area contributed by atoms with Crippen LogP contribution in [0.25, 0.3) is 0 Å². The molecule has 0 spiro atoms. The van der Waals surface area contributed by atoms with Crippen molar-refractivity contribution in [3.05, 3.63) is 24.3 Å². The smallest absolute Gasteiger partial charge is 0.387 e. The molecule has 2 saturated heterocycles. The summed E-state index contributed by atoms with van der Waals surface area (Å²) in [5.41, 5.74) is 0. The first-order valence-electron chi connectivity index (χ1n) is 8.98. The third-order valence-electron chi connectivity index (χ3n) is 5.11. The molecular weight excluding hydrogens is 346 g/mol. The second-order valence-electron chi connectivity index (χ2n) is 7.00. The van der Waals surface area contributed by atoms with Gasteiger partial charge in [0.1, 0.15) is 16.7 Å². The topological polar surface area (TPSA) is 32.8 Å². The summed E-state index contributed by atoms with van der Waals surface area (Å²) >= 11 is 0. The van der Waals surface area contributed by atoms with Crippen molar-refractivity contribution in [2.24, 2.45) is 5.92 Å². The minimum Gasteiger partial charge on any atom is -0.435 e. The molecule has 0 saturated carbocycles. The molecule has 0 aliphatic carbocycles. The van der Waals surface area contributed by atoms with E-state index in [4.69, 9.17) is 0 Å². The highest BCUT2D eigenvalue weighted by Gasteiger charge is 2.29. The molecule has 2 fully saturated rings. The average molecular weight is 372 g/mol. The first kappa shape index (κ1) is 18.7. The number of likely N-dealkylation sites (tertiary alicyclic amines) is 1. The molecule has 0 radical (unpaired) electrons. The van der Waals surface area contributed by atoms with Crippen molar-refractivity contribution in [3.8, 4) is 5.75 Å². The summed E-state index contributed by atoms with van der Waals surface area (Å²) < 4.78 is 43.4.